The molecule has 0 aromatic carbocycles. The number of hydrogen-bond acceptors (Lipinski definition) is 6. The fourth-order valence-electron chi connectivity index (χ4n) is 1.03. The van der Waals surface area contributed by atoms with Gasteiger partial charge >= 0.3 is 0 Å². The van der Waals surface area contributed by atoms with Crippen LogP contribution in [0.2, 0.25) is 0 Å². The summed E-state index contributed by atoms with van der Waals surface area (Å²) in [7, 11) is 1.69. The summed E-state index contributed by atoms with van der Waals surface area (Å²) in [5.74, 6) is 0.789. The zero-order valence-corrected chi connectivity index (χ0v) is 9.47. The second-order valence-electron chi connectivity index (χ2n) is 3.41. The molecule has 1 atom stereocenters. The van der Waals surface area contributed by atoms with Gasteiger partial charge in [0.15, 0.2) is 0 Å². The van der Waals surface area contributed by atoms with Crippen LogP contribution in [0.1, 0.15) is 13.8 Å². The first-order valence-corrected chi connectivity index (χ1v) is 5.25. The van der Waals surface area contributed by atoms with Gasteiger partial charge in [0.1, 0.15) is 0 Å². The van der Waals surface area contributed by atoms with Gasteiger partial charge in [-0.1, -0.05) is 13.8 Å². The lowest BCUT2D eigenvalue weighted by molar-refractivity contribution is 0.171. The Hall–Kier alpha value is -0.880. The summed E-state index contributed by atoms with van der Waals surface area (Å²) in [6.45, 7) is 4.90. The number of nitrogen functional groups attached to an aromatic ring is 1. The van der Waals surface area contributed by atoms with E-state index in [1.165, 1.54) is 11.5 Å². The molecule has 6 heteroatoms. The molecule has 0 saturated heterocycles. The van der Waals surface area contributed by atoms with Gasteiger partial charge in [-0.3, -0.25) is 0 Å². The highest BCUT2D eigenvalue weighted by Crippen LogP contribution is 2.16. The van der Waals surface area contributed by atoms with Gasteiger partial charge in [0, 0.05) is 18.6 Å². The van der Waals surface area contributed by atoms with E-state index >= 15 is 0 Å². The minimum atomic E-state index is 0.243. The molecule has 80 valence electrons. The van der Waals surface area contributed by atoms with E-state index in [9.17, 15) is 0 Å². The molecule has 0 amide bonds. The lowest BCUT2D eigenvalue weighted by atomic mass is 10.1. The first-order valence-electron chi connectivity index (χ1n) is 4.48. The van der Waals surface area contributed by atoms with Gasteiger partial charge < -0.3 is 15.8 Å². The molecule has 0 fully saturated rings. The van der Waals surface area contributed by atoms with Crippen molar-refractivity contribution < 1.29 is 4.74 Å². The molecule has 1 aromatic heterocycles. The molecule has 0 bridgehead atoms. The van der Waals surface area contributed by atoms with Crippen molar-refractivity contribution >= 4 is 22.6 Å². The van der Waals surface area contributed by atoms with Crippen molar-refractivity contribution in [3.05, 3.63) is 0 Å². The molecule has 14 heavy (non-hydrogen) atoms. The van der Waals surface area contributed by atoms with Gasteiger partial charge in [0.25, 0.3) is 0 Å². The predicted octanol–water partition coefficient (Wildman–Crippen LogP) is 1.20. The molecular formula is C8H16N4OS. The Balaban J connectivity index is 2.55. The summed E-state index contributed by atoms with van der Waals surface area (Å²) in [5, 5.41) is 3.99. The minimum Gasteiger partial charge on any atom is -0.383 e. The van der Waals surface area contributed by atoms with Crippen LogP contribution < -0.4 is 11.1 Å². The van der Waals surface area contributed by atoms with E-state index in [1.807, 2.05) is 0 Å². The normalized spacial score (nSPS) is 13.1. The van der Waals surface area contributed by atoms with Crippen molar-refractivity contribution in [1.29, 1.82) is 0 Å². The molecule has 0 radical (unpaired) electrons. The predicted molar refractivity (Wildman–Crippen MR) is 58.4 cm³/mol. The van der Waals surface area contributed by atoms with Crippen LogP contribution in [0.4, 0.5) is 11.1 Å². The van der Waals surface area contributed by atoms with E-state index in [4.69, 9.17) is 10.5 Å². The summed E-state index contributed by atoms with van der Waals surface area (Å²) in [4.78, 5) is 4.03. The Morgan fingerprint density at radius 3 is 2.71 bits per heavy atom. The van der Waals surface area contributed by atoms with E-state index in [0.717, 1.165) is 5.13 Å². The molecule has 1 unspecified atom stereocenters. The third-order valence-electron chi connectivity index (χ3n) is 1.90. The van der Waals surface area contributed by atoms with Crippen molar-refractivity contribution in [3.8, 4) is 0 Å². The highest BCUT2D eigenvalue weighted by Gasteiger charge is 2.14. The van der Waals surface area contributed by atoms with Crippen molar-refractivity contribution in [2.75, 3.05) is 24.8 Å². The van der Waals surface area contributed by atoms with Crippen LogP contribution in [0.3, 0.4) is 0 Å². The highest BCUT2D eigenvalue weighted by molar-refractivity contribution is 7.09. The number of aromatic nitrogens is 2. The standard InChI is InChI=1S/C8H16N4OS/c1-5(2)6(4-13-3)10-8-11-7(9)12-14-8/h5-6H,4H2,1-3H3,(H3,9,10,11,12). The summed E-state index contributed by atoms with van der Waals surface area (Å²) < 4.78 is 9.00. The van der Waals surface area contributed by atoms with E-state index < -0.39 is 0 Å². The van der Waals surface area contributed by atoms with Crippen LogP contribution in [-0.2, 0) is 4.74 Å². The van der Waals surface area contributed by atoms with Crippen molar-refractivity contribution in [1.82, 2.24) is 9.36 Å². The molecule has 1 heterocycles. The van der Waals surface area contributed by atoms with Crippen LogP contribution >= 0.6 is 11.5 Å². The highest BCUT2D eigenvalue weighted by atomic mass is 32.1. The number of ether oxygens (including phenoxy) is 1. The zero-order chi connectivity index (χ0) is 10.6. The monoisotopic (exact) mass is 216 g/mol. The Bertz CT molecular complexity index is 276. The maximum Gasteiger partial charge on any atom is 0.233 e. The van der Waals surface area contributed by atoms with Gasteiger partial charge in [-0.25, -0.2) is 0 Å². The Kier molecular flexibility index (Phi) is 4.09. The van der Waals surface area contributed by atoms with E-state index in [2.05, 4.69) is 28.5 Å². The zero-order valence-electron chi connectivity index (χ0n) is 8.65. The number of nitrogens with zero attached hydrogens (tertiary/aromatic N) is 2. The smallest absolute Gasteiger partial charge is 0.233 e. The SMILES string of the molecule is COCC(Nc1nc(N)ns1)C(C)C. The van der Waals surface area contributed by atoms with Crippen molar-refractivity contribution in [2.24, 2.45) is 5.92 Å². The number of methoxy groups -OCH3 is 1. The molecule has 1 aromatic rings. The fourth-order valence-corrected chi connectivity index (χ4v) is 1.59. The van der Waals surface area contributed by atoms with Crippen LogP contribution in [-0.4, -0.2) is 29.1 Å². The lowest BCUT2D eigenvalue weighted by Crippen LogP contribution is -2.30. The summed E-state index contributed by atoms with van der Waals surface area (Å²) in [6.07, 6.45) is 0. The molecule has 0 saturated carbocycles. The van der Waals surface area contributed by atoms with Crippen molar-refractivity contribution in [3.63, 3.8) is 0 Å². The van der Waals surface area contributed by atoms with Gasteiger partial charge in [-0.05, 0) is 5.92 Å². The molecule has 5 nitrogen and oxygen atoms in total. The average molecular weight is 216 g/mol. The Morgan fingerprint density at radius 1 is 1.57 bits per heavy atom. The molecule has 3 N–H and O–H groups in total. The van der Waals surface area contributed by atoms with E-state index in [-0.39, 0.29) is 6.04 Å². The third kappa shape index (κ3) is 3.12. The third-order valence-corrected chi connectivity index (χ3v) is 2.56. The number of nitrogens with two attached hydrogens (primary N) is 1. The van der Waals surface area contributed by atoms with Gasteiger partial charge in [0.2, 0.25) is 11.1 Å². The largest absolute Gasteiger partial charge is 0.383 e. The summed E-state index contributed by atoms with van der Waals surface area (Å²) >= 11 is 1.27. The molecule has 0 spiro atoms. The molecule has 0 aliphatic carbocycles. The number of anilines is 2. The minimum absolute atomic E-state index is 0.243. The Morgan fingerprint density at radius 2 is 2.29 bits per heavy atom. The Labute approximate surface area is 87.8 Å². The first-order chi connectivity index (χ1) is 6.63. The van der Waals surface area contributed by atoms with Crippen LogP contribution in [0.5, 0.6) is 0 Å². The van der Waals surface area contributed by atoms with Crippen LogP contribution in [0.25, 0.3) is 0 Å². The molecule has 1 rings (SSSR count). The van der Waals surface area contributed by atoms with Gasteiger partial charge in [0.05, 0.1) is 12.6 Å². The molecular weight excluding hydrogens is 200 g/mol. The van der Waals surface area contributed by atoms with E-state index in [0.29, 0.717) is 18.5 Å². The van der Waals surface area contributed by atoms with E-state index in [1.54, 1.807) is 7.11 Å². The first kappa shape index (κ1) is 11.2. The summed E-state index contributed by atoms with van der Waals surface area (Å²) in [5.41, 5.74) is 5.42. The van der Waals surface area contributed by atoms with Crippen LogP contribution in [0.15, 0.2) is 0 Å². The lowest BCUT2D eigenvalue weighted by Gasteiger charge is -2.20. The maximum absolute atomic E-state index is 5.42. The second-order valence-corrected chi connectivity index (χ2v) is 4.16. The molecule has 0 aliphatic heterocycles. The fraction of sp³-hybridized carbons (Fsp3) is 0.750. The van der Waals surface area contributed by atoms with Crippen molar-refractivity contribution in [2.45, 2.75) is 19.9 Å². The number of hydrogen-bond donors (Lipinski definition) is 2. The maximum atomic E-state index is 5.42. The molecule has 0 aliphatic rings. The quantitative estimate of drug-likeness (QED) is 0.773. The topological polar surface area (TPSA) is 73.1 Å². The second kappa shape index (κ2) is 5.11. The average Bonchev–Trinajstić information content (AvgIpc) is 2.50. The van der Waals surface area contributed by atoms with Gasteiger partial charge in [-0.15, -0.1) is 0 Å². The number of rotatable bonds is 5. The summed E-state index contributed by atoms with van der Waals surface area (Å²) in [6, 6.07) is 0.243. The van der Waals surface area contributed by atoms with Crippen LogP contribution in [0, 0.1) is 5.92 Å². The number of nitrogens with one attached hydrogen (secondary N) is 1. The van der Waals surface area contributed by atoms with Gasteiger partial charge in [-0.2, -0.15) is 9.36 Å².